The number of hydrogen-bond donors (Lipinski definition) is 2. The zero-order valence-electron chi connectivity index (χ0n) is 14.5. The zero-order chi connectivity index (χ0) is 17.0. The second-order valence-corrected chi connectivity index (χ2v) is 6.71. The number of halogens is 1. The molecule has 3 rings (SSSR count). The van der Waals surface area contributed by atoms with Gasteiger partial charge in [0.15, 0.2) is 5.58 Å². The van der Waals surface area contributed by atoms with Crippen LogP contribution in [0, 0.1) is 5.41 Å². The van der Waals surface area contributed by atoms with E-state index in [1.807, 2.05) is 18.2 Å². The molecular weight excluding hydrogens is 342 g/mol. The van der Waals surface area contributed by atoms with Gasteiger partial charge in [-0.05, 0) is 43.0 Å². The van der Waals surface area contributed by atoms with Gasteiger partial charge >= 0.3 is 0 Å². The van der Waals surface area contributed by atoms with Crippen LogP contribution in [0.1, 0.15) is 44.4 Å². The molecular formula is C18H26ClN3O3. The first-order valence-electron chi connectivity index (χ1n) is 8.52. The van der Waals surface area contributed by atoms with Gasteiger partial charge in [-0.25, -0.2) is 4.98 Å². The SMILES string of the molecule is COCc1nc2cc(NC(=O)CC3(CN)CCCCC3)ccc2o1.Cl. The van der Waals surface area contributed by atoms with Gasteiger partial charge in [-0.3, -0.25) is 4.79 Å². The van der Waals surface area contributed by atoms with Crippen LogP contribution >= 0.6 is 12.4 Å². The van der Waals surface area contributed by atoms with Crippen LogP contribution in [0.3, 0.4) is 0 Å². The number of nitrogens with one attached hydrogen (secondary N) is 1. The molecule has 2 aromatic rings. The molecule has 0 unspecified atom stereocenters. The van der Waals surface area contributed by atoms with E-state index in [0.717, 1.165) is 31.4 Å². The summed E-state index contributed by atoms with van der Waals surface area (Å²) in [6, 6.07) is 5.47. The van der Waals surface area contributed by atoms with Gasteiger partial charge in [0.05, 0.1) is 0 Å². The second kappa shape index (κ2) is 8.65. The average Bonchev–Trinajstić information content (AvgIpc) is 2.97. The molecule has 25 heavy (non-hydrogen) atoms. The number of nitrogens with two attached hydrogens (primary N) is 1. The number of fused-ring (bicyclic) bond motifs is 1. The Morgan fingerprint density at radius 1 is 1.36 bits per heavy atom. The highest BCUT2D eigenvalue weighted by molar-refractivity contribution is 5.93. The minimum atomic E-state index is -0.0358. The molecule has 1 aromatic heterocycles. The lowest BCUT2D eigenvalue weighted by Gasteiger charge is -2.35. The number of benzene rings is 1. The van der Waals surface area contributed by atoms with Crippen LogP contribution in [0.4, 0.5) is 5.69 Å². The average molecular weight is 368 g/mol. The minimum absolute atomic E-state index is 0. The molecule has 6 nitrogen and oxygen atoms in total. The van der Waals surface area contributed by atoms with Crippen LogP contribution in [0.25, 0.3) is 11.1 Å². The number of methoxy groups -OCH3 is 1. The largest absolute Gasteiger partial charge is 0.438 e. The van der Waals surface area contributed by atoms with Crippen LogP contribution in [-0.2, 0) is 16.1 Å². The number of amides is 1. The van der Waals surface area contributed by atoms with E-state index in [9.17, 15) is 4.79 Å². The number of nitrogens with zero attached hydrogens (tertiary/aromatic N) is 1. The molecule has 0 radical (unpaired) electrons. The highest BCUT2D eigenvalue weighted by atomic mass is 35.5. The van der Waals surface area contributed by atoms with Crippen LogP contribution < -0.4 is 11.1 Å². The van der Waals surface area contributed by atoms with Crippen LogP contribution in [0.2, 0.25) is 0 Å². The molecule has 0 saturated heterocycles. The fraction of sp³-hybridized carbons (Fsp3) is 0.556. The van der Waals surface area contributed by atoms with Crippen LogP contribution in [0.5, 0.6) is 0 Å². The summed E-state index contributed by atoms with van der Waals surface area (Å²) in [5, 5.41) is 2.97. The third kappa shape index (κ3) is 4.71. The summed E-state index contributed by atoms with van der Waals surface area (Å²) in [6.07, 6.45) is 6.14. The summed E-state index contributed by atoms with van der Waals surface area (Å²) >= 11 is 0. The van der Waals surface area contributed by atoms with E-state index in [1.165, 1.54) is 6.42 Å². The number of carbonyl (C=O) groups is 1. The van der Waals surface area contributed by atoms with E-state index in [1.54, 1.807) is 7.11 Å². The molecule has 7 heteroatoms. The Labute approximate surface area is 153 Å². The normalized spacial score (nSPS) is 16.4. The number of carbonyl (C=O) groups excluding carboxylic acids is 1. The Bertz CT molecular complexity index is 711. The van der Waals surface area contributed by atoms with E-state index in [-0.39, 0.29) is 23.7 Å². The predicted molar refractivity (Wildman–Crippen MR) is 99.8 cm³/mol. The van der Waals surface area contributed by atoms with E-state index in [0.29, 0.717) is 36.6 Å². The summed E-state index contributed by atoms with van der Waals surface area (Å²) < 4.78 is 10.6. The number of rotatable bonds is 6. The molecule has 1 heterocycles. The third-order valence-electron chi connectivity index (χ3n) is 4.87. The molecule has 0 atom stereocenters. The molecule has 3 N–H and O–H groups in total. The number of ether oxygens (including phenoxy) is 1. The molecule has 0 bridgehead atoms. The molecule has 1 aromatic carbocycles. The second-order valence-electron chi connectivity index (χ2n) is 6.71. The lowest BCUT2D eigenvalue weighted by atomic mass is 9.71. The predicted octanol–water partition coefficient (Wildman–Crippen LogP) is 3.63. The van der Waals surface area contributed by atoms with Crippen molar-refractivity contribution in [1.29, 1.82) is 0 Å². The van der Waals surface area contributed by atoms with Crippen molar-refractivity contribution in [2.75, 3.05) is 19.0 Å². The molecule has 1 fully saturated rings. The molecule has 0 spiro atoms. The van der Waals surface area contributed by atoms with Crippen molar-refractivity contribution >= 4 is 35.1 Å². The topological polar surface area (TPSA) is 90.4 Å². The van der Waals surface area contributed by atoms with Gasteiger partial charge in [0.2, 0.25) is 11.8 Å². The van der Waals surface area contributed by atoms with E-state index in [2.05, 4.69) is 10.3 Å². The van der Waals surface area contributed by atoms with Gasteiger partial charge in [-0.15, -0.1) is 12.4 Å². The minimum Gasteiger partial charge on any atom is -0.438 e. The Morgan fingerprint density at radius 2 is 2.12 bits per heavy atom. The maximum atomic E-state index is 12.5. The first-order valence-corrected chi connectivity index (χ1v) is 8.52. The Balaban J connectivity index is 0.00000225. The quantitative estimate of drug-likeness (QED) is 0.813. The third-order valence-corrected chi connectivity index (χ3v) is 4.87. The van der Waals surface area contributed by atoms with Gasteiger partial charge in [0.1, 0.15) is 12.1 Å². The molecule has 138 valence electrons. The molecule has 0 aliphatic heterocycles. The fourth-order valence-electron chi connectivity index (χ4n) is 3.54. The monoisotopic (exact) mass is 367 g/mol. The fourth-order valence-corrected chi connectivity index (χ4v) is 3.54. The molecule has 1 amide bonds. The van der Waals surface area contributed by atoms with Crippen molar-refractivity contribution in [3.05, 3.63) is 24.1 Å². The number of aromatic nitrogens is 1. The van der Waals surface area contributed by atoms with E-state index in [4.69, 9.17) is 14.9 Å². The zero-order valence-corrected chi connectivity index (χ0v) is 15.4. The van der Waals surface area contributed by atoms with Gasteiger partial charge < -0.3 is 20.2 Å². The van der Waals surface area contributed by atoms with Gasteiger partial charge in [-0.2, -0.15) is 0 Å². The maximum Gasteiger partial charge on any atom is 0.224 e. The first kappa shape index (κ1) is 19.7. The first-order chi connectivity index (χ1) is 11.6. The highest BCUT2D eigenvalue weighted by Gasteiger charge is 2.32. The molecule has 1 saturated carbocycles. The smallest absolute Gasteiger partial charge is 0.224 e. The lowest BCUT2D eigenvalue weighted by Crippen LogP contribution is -2.36. The van der Waals surface area contributed by atoms with Gasteiger partial charge in [0, 0.05) is 19.2 Å². The van der Waals surface area contributed by atoms with Crippen molar-refractivity contribution < 1.29 is 13.9 Å². The van der Waals surface area contributed by atoms with Crippen molar-refractivity contribution in [2.45, 2.75) is 45.1 Å². The van der Waals surface area contributed by atoms with E-state index >= 15 is 0 Å². The van der Waals surface area contributed by atoms with Crippen molar-refractivity contribution in [3.8, 4) is 0 Å². The van der Waals surface area contributed by atoms with Crippen molar-refractivity contribution in [3.63, 3.8) is 0 Å². The molecule has 1 aliphatic carbocycles. The van der Waals surface area contributed by atoms with Gasteiger partial charge in [-0.1, -0.05) is 19.3 Å². The summed E-state index contributed by atoms with van der Waals surface area (Å²) in [5.74, 6) is 0.544. The Hall–Kier alpha value is -1.63. The van der Waals surface area contributed by atoms with Crippen molar-refractivity contribution in [2.24, 2.45) is 11.1 Å². The van der Waals surface area contributed by atoms with Crippen molar-refractivity contribution in [1.82, 2.24) is 4.98 Å². The number of hydrogen-bond acceptors (Lipinski definition) is 5. The summed E-state index contributed by atoms with van der Waals surface area (Å²) in [4.78, 5) is 16.8. The number of oxazole rings is 1. The summed E-state index contributed by atoms with van der Waals surface area (Å²) in [7, 11) is 1.60. The van der Waals surface area contributed by atoms with Gasteiger partial charge in [0.25, 0.3) is 0 Å². The van der Waals surface area contributed by atoms with Crippen LogP contribution in [-0.4, -0.2) is 24.5 Å². The lowest BCUT2D eigenvalue weighted by molar-refractivity contribution is -0.118. The summed E-state index contributed by atoms with van der Waals surface area (Å²) in [6.45, 7) is 0.901. The van der Waals surface area contributed by atoms with E-state index < -0.39 is 0 Å². The Morgan fingerprint density at radius 3 is 2.80 bits per heavy atom. The standard InChI is InChI=1S/C18H25N3O3.ClH/c1-23-11-17-21-14-9-13(5-6-15(14)24-17)20-16(22)10-18(12-19)7-3-2-4-8-18;/h5-6,9H,2-4,7-8,10-12,19H2,1H3,(H,20,22);1H. The molecule has 1 aliphatic rings. The number of anilines is 1. The Kier molecular flexibility index (Phi) is 6.81. The maximum absolute atomic E-state index is 12.5. The highest BCUT2D eigenvalue weighted by Crippen LogP contribution is 2.38. The van der Waals surface area contributed by atoms with Crippen LogP contribution in [0.15, 0.2) is 22.6 Å². The summed E-state index contributed by atoms with van der Waals surface area (Å²) in [5.41, 5.74) is 8.06.